The van der Waals surface area contributed by atoms with Gasteiger partial charge in [-0.2, -0.15) is 4.31 Å². The van der Waals surface area contributed by atoms with E-state index in [1.807, 2.05) is 0 Å². The van der Waals surface area contributed by atoms with E-state index < -0.39 is 10.0 Å². The first-order valence-electron chi connectivity index (χ1n) is 10.7. The lowest BCUT2D eigenvalue weighted by molar-refractivity contribution is -0.115. The average Bonchev–Trinajstić information content (AvgIpc) is 3.51. The molecule has 168 valence electrons. The normalized spacial score (nSPS) is 17.7. The number of nitrogens with zero attached hydrogens (tertiary/aromatic N) is 1. The average molecular weight is 465 g/mol. The lowest BCUT2D eigenvalue weighted by Crippen LogP contribution is -2.27. The van der Waals surface area contributed by atoms with Crippen LogP contribution in [0.2, 0.25) is 0 Å². The number of carbonyl (C=O) groups is 1. The maximum Gasteiger partial charge on any atom is 0.252 e. The number of hydrogen-bond donors (Lipinski definition) is 1. The van der Waals surface area contributed by atoms with Crippen LogP contribution in [-0.4, -0.2) is 44.9 Å². The van der Waals surface area contributed by atoms with Gasteiger partial charge < -0.3 is 14.8 Å². The molecule has 2 fully saturated rings. The molecule has 7 nitrogen and oxygen atoms in total. The van der Waals surface area contributed by atoms with E-state index in [2.05, 4.69) is 5.32 Å². The summed E-state index contributed by atoms with van der Waals surface area (Å²) in [7, 11) is -1.85. The van der Waals surface area contributed by atoms with Crippen LogP contribution in [0, 0.1) is 0 Å². The van der Waals surface area contributed by atoms with Gasteiger partial charge in [-0.1, -0.05) is 0 Å². The number of carbonyl (C=O) groups excluding carboxylic acids is 1. The summed E-state index contributed by atoms with van der Waals surface area (Å²) in [5, 5.41) is 2.88. The van der Waals surface area contributed by atoms with E-state index in [0.717, 1.165) is 37.0 Å². The Kier molecular flexibility index (Phi) is 6.83. The van der Waals surface area contributed by atoms with Crippen LogP contribution < -0.4 is 14.8 Å². The Morgan fingerprint density at radius 1 is 1.10 bits per heavy atom. The van der Waals surface area contributed by atoms with E-state index in [-0.39, 0.29) is 18.4 Å². The standard InChI is InChI=1S/C22H28N2O5S2/c1-28-19-10-8-16(14-20(19)29-17-6-2-3-7-17)23-21(25)15-18-9-11-22(30-18)31(26,27)24-12-4-5-13-24/h8-11,14,17H,2-7,12-13,15H2,1H3,(H,23,25). The number of ether oxygens (including phenoxy) is 2. The highest BCUT2D eigenvalue weighted by Gasteiger charge is 2.28. The maximum atomic E-state index is 12.7. The molecule has 4 rings (SSSR count). The second-order valence-corrected chi connectivity index (χ2v) is 11.3. The number of thiophene rings is 1. The molecule has 31 heavy (non-hydrogen) atoms. The van der Waals surface area contributed by atoms with E-state index in [1.54, 1.807) is 37.4 Å². The third kappa shape index (κ3) is 5.22. The van der Waals surface area contributed by atoms with E-state index in [4.69, 9.17) is 9.47 Å². The third-order valence-corrected chi connectivity index (χ3v) is 9.13. The minimum absolute atomic E-state index is 0.116. The molecule has 0 bridgehead atoms. The molecule has 1 amide bonds. The van der Waals surface area contributed by atoms with Crippen LogP contribution >= 0.6 is 11.3 Å². The van der Waals surface area contributed by atoms with Crippen LogP contribution in [0.1, 0.15) is 43.4 Å². The highest BCUT2D eigenvalue weighted by atomic mass is 32.2. The third-order valence-electron chi connectivity index (χ3n) is 5.67. The molecule has 1 aromatic heterocycles. The van der Waals surface area contributed by atoms with Crippen molar-refractivity contribution in [1.82, 2.24) is 4.31 Å². The van der Waals surface area contributed by atoms with Crippen LogP contribution in [0.4, 0.5) is 5.69 Å². The Hall–Kier alpha value is -2.10. The van der Waals surface area contributed by atoms with Crippen molar-refractivity contribution in [2.45, 2.75) is 55.3 Å². The van der Waals surface area contributed by atoms with Gasteiger partial charge >= 0.3 is 0 Å². The van der Waals surface area contributed by atoms with Gasteiger partial charge in [0.15, 0.2) is 11.5 Å². The second-order valence-electron chi connectivity index (χ2n) is 7.95. The molecule has 1 saturated heterocycles. The Bertz CT molecular complexity index is 1020. The van der Waals surface area contributed by atoms with Crippen LogP contribution in [0.25, 0.3) is 0 Å². The Balaban J connectivity index is 1.40. The van der Waals surface area contributed by atoms with Crippen molar-refractivity contribution in [2.75, 3.05) is 25.5 Å². The van der Waals surface area contributed by atoms with E-state index in [0.29, 0.717) is 39.4 Å². The van der Waals surface area contributed by atoms with Crippen molar-refractivity contribution in [3.63, 3.8) is 0 Å². The molecule has 0 radical (unpaired) electrons. The van der Waals surface area contributed by atoms with Crippen LogP contribution in [0.15, 0.2) is 34.5 Å². The SMILES string of the molecule is COc1ccc(NC(=O)Cc2ccc(S(=O)(=O)N3CCCC3)s2)cc1OC1CCCC1. The summed E-state index contributed by atoms with van der Waals surface area (Å²) in [5.41, 5.74) is 0.625. The number of anilines is 1. The number of sulfonamides is 1. The Morgan fingerprint density at radius 3 is 2.55 bits per heavy atom. The quantitative estimate of drug-likeness (QED) is 0.637. The number of methoxy groups -OCH3 is 1. The van der Waals surface area contributed by atoms with Gasteiger partial charge in [0.05, 0.1) is 19.6 Å². The number of rotatable bonds is 8. The fraction of sp³-hybridized carbons (Fsp3) is 0.500. The van der Waals surface area contributed by atoms with Gasteiger partial charge in [-0.05, 0) is 62.8 Å². The predicted octanol–water partition coefficient (Wildman–Crippen LogP) is 4.04. The topological polar surface area (TPSA) is 84.9 Å². The monoisotopic (exact) mass is 464 g/mol. The van der Waals surface area contributed by atoms with E-state index in [1.165, 1.54) is 17.1 Å². The summed E-state index contributed by atoms with van der Waals surface area (Å²) in [6, 6.07) is 8.66. The first-order valence-corrected chi connectivity index (χ1v) is 12.9. The number of nitrogens with one attached hydrogen (secondary N) is 1. The number of amides is 1. The molecule has 1 aliphatic heterocycles. The highest BCUT2D eigenvalue weighted by Crippen LogP contribution is 2.34. The summed E-state index contributed by atoms with van der Waals surface area (Å²) >= 11 is 1.16. The highest BCUT2D eigenvalue weighted by molar-refractivity contribution is 7.91. The zero-order valence-electron chi connectivity index (χ0n) is 17.6. The molecule has 2 aliphatic rings. The molecule has 0 atom stereocenters. The summed E-state index contributed by atoms with van der Waals surface area (Å²) in [6.07, 6.45) is 6.48. The van der Waals surface area contributed by atoms with Crippen molar-refractivity contribution in [3.05, 3.63) is 35.2 Å². The molecule has 1 N–H and O–H groups in total. The number of hydrogen-bond acceptors (Lipinski definition) is 6. The van der Waals surface area contributed by atoms with Gasteiger partial charge in [-0.25, -0.2) is 8.42 Å². The van der Waals surface area contributed by atoms with Crippen molar-refractivity contribution >= 4 is 33.0 Å². The minimum Gasteiger partial charge on any atom is -0.493 e. The summed E-state index contributed by atoms with van der Waals surface area (Å²) < 4.78 is 38.6. The fourth-order valence-electron chi connectivity index (χ4n) is 4.04. The molecule has 0 spiro atoms. The fourth-order valence-corrected chi connectivity index (χ4v) is 7.07. The summed E-state index contributed by atoms with van der Waals surface area (Å²) in [4.78, 5) is 13.3. The predicted molar refractivity (Wildman–Crippen MR) is 121 cm³/mol. The van der Waals surface area contributed by atoms with Crippen LogP contribution in [0.5, 0.6) is 11.5 Å². The Labute approximate surface area is 187 Å². The lowest BCUT2D eigenvalue weighted by Gasteiger charge is -2.17. The molecule has 2 aromatic rings. The van der Waals surface area contributed by atoms with Gasteiger partial charge in [0, 0.05) is 29.7 Å². The molecular formula is C22H28N2O5S2. The smallest absolute Gasteiger partial charge is 0.252 e. The second kappa shape index (κ2) is 9.58. The van der Waals surface area contributed by atoms with Gasteiger partial charge in [0.2, 0.25) is 5.91 Å². The van der Waals surface area contributed by atoms with Crippen LogP contribution in [0.3, 0.4) is 0 Å². The van der Waals surface area contributed by atoms with E-state index in [9.17, 15) is 13.2 Å². The molecule has 1 aromatic carbocycles. The first-order chi connectivity index (χ1) is 15.0. The lowest BCUT2D eigenvalue weighted by atomic mass is 10.2. The summed E-state index contributed by atoms with van der Waals surface area (Å²) in [6.45, 7) is 1.14. The molecular weight excluding hydrogens is 436 g/mol. The molecule has 2 heterocycles. The van der Waals surface area contributed by atoms with Crippen molar-refractivity contribution in [1.29, 1.82) is 0 Å². The largest absolute Gasteiger partial charge is 0.493 e. The molecule has 1 saturated carbocycles. The molecule has 1 aliphatic carbocycles. The zero-order chi connectivity index (χ0) is 21.8. The first kappa shape index (κ1) is 22.1. The van der Waals surface area contributed by atoms with Gasteiger partial charge in [-0.15, -0.1) is 11.3 Å². The van der Waals surface area contributed by atoms with Gasteiger partial charge in [0.1, 0.15) is 4.21 Å². The van der Waals surface area contributed by atoms with Crippen molar-refractivity contribution < 1.29 is 22.7 Å². The van der Waals surface area contributed by atoms with Crippen molar-refractivity contribution in [3.8, 4) is 11.5 Å². The maximum absolute atomic E-state index is 12.7. The van der Waals surface area contributed by atoms with Crippen molar-refractivity contribution in [2.24, 2.45) is 0 Å². The van der Waals surface area contributed by atoms with E-state index >= 15 is 0 Å². The zero-order valence-corrected chi connectivity index (χ0v) is 19.3. The summed E-state index contributed by atoms with van der Waals surface area (Å²) in [5.74, 6) is 1.06. The number of benzene rings is 1. The van der Waals surface area contributed by atoms with Gasteiger partial charge in [0.25, 0.3) is 10.0 Å². The minimum atomic E-state index is -3.45. The Morgan fingerprint density at radius 2 is 1.84 bits per heavy atom. The molecule has 9 heteroatoms. The van der Waals surface area contributed by atoms with Crippen LogP contribution in [-0.2, 0) is 21.2 Å². The molecule has 0 unspecified atom stereocenters. The van der Waals surface area contributed by atoms with Gasteiger partial charge in [-0.3, -0.25) is 4.79 Å².